The van der Waals surface area contributed by atoms with Gasteiger partial charge in [0.15, 0.2) is 0 Å². The summed E-state index contributed by atoms with van der Waals surface area (Å²) in [7, 11) is 1.90. The first-order chi connectivity index (χ1) is 9.25. The summed E-state index contributed by atoms with van der Waals surface area (Å²) >= 11 is 2.08. The molecule has 5 heteroatoms. The molecule has 0 saturated heterocycles. The molecule has 2 unspecified atom stereocenters. The van der Waals surface area contributed by atoms with Gasteiger partial charge < -0.3 is 10.6 Å². The Balaban J connectivity index is 1.99. The predicted octanol–water partition coefficient (Wildman–Crippen LogP) is 3.17. The van der Waals surface area contributed by atoms with E-state index in [0.29, 0.717) is 6.04 Å². The monoisotopic (exact) mass is 280 g/mol. The van der Waals surface area contributed by atoms with Crippen LogP contribution in [0.5, 0.6) is 0 Å². The van der Waals surface area contributed by atoms with Gasteiger partial charge in [-0.3, -0.25) is 0 Å². The van der Waals surface area contributed by atoms with Crippen molar-refractivity contribution < 1.29 is 0 Å². The Bertz CT molecular complexity index is 388. The molecule has 2 atom stereocenters. The van der Waals surface area contributed by atoms with Crippen molar-refractivity contribution in [1.82, 2.24) is 9.97 Å². The molecule has 106 valence electrons. The normalized spacial score (nSPS) is 22.5. The van der Waals surface area contributed by atoms with Crippen molar-refractivity contribution in [2.45, 2.75) is 50.8 Å². The van der Waals surface area contributed by atoms with E-state index < -0.39 is 0 Å². The molecule has 2 N–H and O–H groups in total. The summed E-state index contributed by atoms with van der Waals surface area (Å²) in [6.45, 7) is 4.32. The molecule has 1 aliphatic rings. The molecule has 1 aliphatic carbocycles. The Morgan fingerprint density at radius 2 is 2.05 bits per heavy atom. The van der Waals surface area contributed by atoms with E-state index in [0.717, 1.165) is 29.1 Å². The highest BCUT2D eigenvalue weighted by molar-refractivity contribution is 7.99. The number of rotatable bonds is 6. The van der Waals surface area contributed by atoms with E-state index in [2.05, 4.69) is 46.2 Å². The second kappa shape index (κ2) is 6.98. The Kier molecular flexibility index (Phi) is 5.31. The van der Waals surface area contributed by atoms with Crippen LogP contribution in [0.2, 0.25) is 0 Å². The molecular weight excluding hydrogens is 256 g/mol. The second-order valence-electron chi connectivity index (χ2n) is 4.89. The number of hydrogen-bond donors (Lipinski definition) is 2. The second-order valence-corrected chi connectivity index (χ2v) is 6.47. The lowest BCUT2D eigenvalue weighted by Crippen LogP contribution is -2.18. The molecule has 19 heavy (non-hydrogen) atoms. The largest absolute Gasteiger partial charge is 0.373 e. The van der Waals surface area contributed by atoms with Crippen molar-refractivity contribution in [3.63, 3.8) is 0 Å². The van der Waals surface area contributed by atoms with E-state index in [4.69, 9.17) is 0 Å². The van der Waals surface area contributed by atoms with Crippen molar-refractivity contribution in [1.29, 1.82) is 0 Å². The molecule has 0 aromatic carbocycles. The van der Waals surface area contributed by atoms with Crippen LogP contribution in [-0.4, -0.2) is 34.1 Å². The lowest BCUT2D eigenvalue weighted by atomic mass is 10.2. The van der Waals surface area contributed by atoms with Crippen LogP contribution in [0.3, 0.4) is 0 Å². The molecular formula is C14H24N4S. The Morgan fingerprint density at radius 1 is 1.26 bits per heavy atom. The van der Waals surface area contributed by atoms with E-state index in [1.165, 1.54) is 25.0 Å². The van der Waals surface area contributed by atoms with E-state index in [1.54, 1.807) is 0 Å². The molecule has 0 aliphatic heterocycles. The minimum Gasteiger partial charge on any atom is -0.373 e. The third-order valence-electron chi connectivity index (χ3n) is 3.48. The van der Waals surface area contributed by atoms with Crippen LogP contribution in [0, 0.1) is 0 Å². The molecule has 1 aromatic heterocycles. The summed E-state index contributed by atoms with van der Waals surface area (Å²) in [6.07, 6.45) is 4.68. The molecule has 1 saturated carbocycles. The first-order valence-corrected chi connectivity index (χ1v) is 8.23. The highest BCUT2D eigenvalue weighted by Crippen LogP contribution is 2.31. The number of anilines is 2. The fraction of sp³-hybridized carbons (Fsp3) is 0.714. The fourth-order valence-corrected chi connectivity index (χ4v) is 3.67. The third kappa shape index (κ3) is 4.00. The molecule has 1 aromatic rings. The van der Waals surface area contributed by atoms with Crippen LogP contribution in [0.25, 0.3) is 0 Å². The summed E-state index contributed by atoms with van der Waals surface area (Å²) in [4.78, 5) is 8.99. The number of hydrogen-bond acceptors (Lipinski definition) is 5. The molecule has 0 bridgehead atoms. The van der Waals surface area contributed by atoms with Crippen molar-refractivity contribution in [2.24, 2.45) is 0 Å². The maximum atomic E-state index is 4.57. The van der Waals surface area contributed by atoms with Crippen LogP contribution in [-0.2, 0) is 6.42 Å². The molecule has 1 heterocycles. The first-order valence-electron chi connectivity index (χ1n) is 7.19. The summed E-state index contributed by atoms with van der Waals surface area (Å²) in [6, 6.07) is 2.56. The summed E-state index contributed by atoms with van der Waals surface area (Å²) in [5.41, 5.74) is 0. The number of nitrogens with zero attached hydrogens (tertiary/aromatic N) is 2. The Hall–Kier alpha value is -0.970. The number of aryl methyl sites for hydroxylation is 1. The SMILES string of the molecule is CCSC1CCC(Nc2cc(NC)nc(CC)n2)C1. The van der Waals surface area contributed by atoms with E-state index in [-0.39, 0.29) is 0 Å². The quantitative estimate of drug-likeness (QED) is 0.838. The van der Waals surface area contributed by atoms with Gasteiger partial charge in [-0.25, -0.2) is 9.97 Å². The first kappa shape index (κ1) is 14.4. The van der Waals surface area contributed by atoms with Gasteiger partial charge in [0.1, 0.15) is 17.5 Å². The van der Waals surface area contributed by atoms with Gasteiger partial charge in [-0.1, -0.05) is 13.8 Å². The smallest absolute Gasteiger partial charge is 0.132 e. The van der Waals surface area contributed by atoms with Crippen LogP contribution in [0.1, 0.15) is 38.9 Å². The van der Waals surface area contributed by atoms with Gasteiger partial charge in [0.25, 0.3) is 0 Å². The summed E-state index contributed by atoms with van der Waals surface area (Å²) in [5, 5.41) is 7.49. The molecule has 2 rings (SSSR count). The van der Waals surface area contributed by atoms with Crippen molar-refractivity contribution in [3.05, 3.63) is 11.9 Å². The molecule has 4 nitrogen and oxygen atoms in total. The zero-order chi connectivity index (χ0) is 13.7. The standard InChI is InChI=1S/C14H24N4S/c1-4-12-17-13(15-3)9-14(18-12)16-10-6-7-11(8-10)19-5-2/h9-11H,4-8H2,1-3H3,(H2,15,16,17,18). The van der Waals surface area contributed by atoms with Gasteiger partial charge in [0.05, 0.1) is 0 Å². The van der Waals surface area contributed by atoms with Gasteiger partial charge in [-0.15, -0.1) is 0 Å². The van der Waals surface area contributed by atoms with Crippen LogP contribution < -0.4 is 10.6 Å². The lowest BCUT2D eigenvalue weighted by molar-refractivity contribution is 0.748. The molecule has 1 fully saturated rings. The molecule has 0 radical (unpaired) electrons. The Morgan fingerprint density at radius 3 is 2.74 bits per heavy atom. The average molecular weight is 280 g/mol. The zero-order valence-electron chi connectivity index (χ0n) is 12.1. The lowest BCUT2D eigenvalue weighted by Gasteiger charge is -2.15. The average Bonchev–Trinajstić information content (AvgIpc) is 2.86. The van der Waals surface area contributed by atoms with Gasteiger partial charge >= 0.3 is 0 Å². The highest BCUT2D eigenvalue weighted by Gasteiger charge is 2.24. The van der Waals surface area contributed by atoms with Crippen molar-refractivity contribution in [2.75, 3.05) is 23.4 Å². The maximum absolute atomic E-state index is 4.57. The topological polar surface area (TPSA) is 49.8 Å². The van der Waals surface area contributed by atoms with Crippen molar-refractivity contribution in [3.8, 4) is 0 Å². The number of nitrogens with one attached hydrogen (secondary N) is 2. The van der Waals surface area contributed by atoms with Gasteiger partial charge in [-0.05, 0) is 25.0 Å². The minimum absolute atomic E-state index is 0.563. The van der Waals surface area contributed by atoms with E-state index >= 15 is 0 Å². The maximum Gasteiger partial charge on any atom is 0.132 e. The van der Waals surface area contributed by atoms with E-state index in [9.17, 15) is 0 Å². The van der Waals surface area contributed by atoms with Crippen molar-refractivity contribution >= 4 is 23.4 Å². The van der Waals surface area contributed by atoms with Gasteiger partial charge in [0.2, 0.25) is 0 Å². The molecule has 0 spiro atoms. The highest BCUT2D eigenvalue weighted by atomic mass is 32.2. The minimum atomic E-state index is 0.563. The zero-order valence-corrected chi connectivity index (χ0v) is 12.9. The molecule has 0 amide bonds. The third-order valence-corrected chi connectivity index (χ3v) is 4.72. The summed E-state index contributed by atoms with van der Waals surface area (Å²) < 4.78 is 0. The predicted molar refractivity (Wildman–Crippen MR) is 84.1 cm³/mol. The fourth-order valence-electron chi connectivity index (χ4n) is 2.52. The van der Waals surface area contributed by atoms with Crippen LogP contribution in [0.4, 0.5) is 11.6 Å². The summed E-state index contributed by atoms with van der Waals surface area (Å²) in [5.74, 6) is 3.97. The van der Waals surface area contributed by atoms with E-state index in [1.807, 2.05) is 13.1 Å². The van der Waals surface area contributed by atoms with Crippen LogP contribution in [0.15, 0.2) is 6.07 Å². The number of thioether (sulfide) groups is 1. The van der Waals surface area contributed by atoms with Gasteiger partial charge in [0, 0.05) is 30.8 Å². The Labute approximate surface area is 120 Å². The number of aromatic nitrogens is 2. The van der Waals surface area contributed by atoms with Crippen LogP contribution >= 0.6 is 11.8 Å². The van der Waals surface area contributed by atoms with Gasteiger partial charge in [-0.2, -0.15) is 11.8 Å².